The molecule has 1 rings (SSSR count). The van der Waals surface area contributed by atoms with Gasteiger partial charge in [-0.05, 0) is 45.2 Å². The molecule has 1 aromatic rings. The Morgan fingerprint density at radius 1 is 1.16 bits per heavy atom. The quantitative estimate of drug-likeness (QED) is 0.780. The van der Waals surface area contributed by atoms with Gasteiger partial charge in [0.15, 0.2) is 15.6 Å². The Hall–Kier alpha value is -1.16. The van der Waals surface area contributed by atoms with Crippen molar-refractivity contribution in [1.82, 2.24) is 0 Å². The van der Waals surface area contributed by atoms with Crippen LogP contribution in [0.5, 0.6) is 0 Å². The molecule has 0 heterocycles. The van der Waals surface area contributed by atoms with Crippen molar-refractivity contribution in [2.24, 2.45) is 0 Å². The van der Waals surface area contributed by atoms with Gasteiger partial charge in [0.25, 0.3) is 0 Å². The minimum Gasteiger partial charge on any atom is -0.293 e. The van der Waals surface area contributed by atoms with Crippen molar-refractivity contribution >= 4 is 15.6 Å². The van der Waals surface area contributed by atoms with Crippen molar-refractivity contribution in [3.63, 3.8) is 0 Å². The van der Waals surface area contributed by atoms with Crippen LogP contribution in [0.4, 0.5) is 0 Å². The van der Waals surface area contributed by atoms with Crippen molar-refractivity contribution in [3.05, 3.63) is 34.4 Å². The zero-order chi connectivity index (χ0) is 14.8. The molecule has 0 fully saturated rings. The maximum atomic E-state index is 12.3. The highest BCUT2D eigenvalue weighted by Crippen LogP contribution is 2.19. The van der Waals surface area contributed by atoms with E-state index in [1.54, 1.807) is 6.92 Å². The molecule has 0 N–H and O–H groups in total. The average molecular weight is 282 g/mol. The summed E-state index contributed by atoms with van der Waals surface area (Å²) in [6, 6.07) is 3.83. The van der Waals surface area contributed by atoms with Crippen molar-refractivity contribution in [1.29, 1.82) is 0 Å². The van der Waals surface area contributed by atoms with Gasteiger partial charge in [-0.25, -0.2) is 8.42 Å². The van der Waals surface area contributed by atoms with Gasteiger partial charge in [0.05, 0.1) is 5.25 Å². The first-order chi connectivity index (χ1) is 8.69. The molecule has 0 aliphatic rings. The molecule has 1 unspecified atom stereocenters. The lowest BCUT2D eigenvalue weighted by Gasteiger charge is -2.13. The van der Waals surface area contributed by atoms with Crippen LogP contribution in [0.2, 0.25) is 0 Å². The molecule has 3 nitrogen and oxygen atoms in total. The highest BCUT2D eigenvalue weighted by atomic mass is 32.2. The minimum absolute atomic E-state index is 0.296. The van der Waals surface area contributed by atoms with Gasteiger partial charge < -0.3 is 0 Å². The van der Waals surface area contributed by atoms with E-state index in [0.29, 0.717) is 12.0 Å². The fourth-order valence-electron chi connectivity index (χ4n) is 2.27. The van der Waals surface area contributed by atoms with E-state index in [4.69, 9.17) is 0 Å². The first-order valence-electron chi connectivity index (χ1n) is 6.51. The van der Waals surface area contributed by atoms with Crippen LogP contribution in [0.1, 0.15) is 47.3 Å². The Labute approximate surface area is 116 Å². The second kappa shape index (κ2) is 5.87. The molecular weight excluding hydrogens is 260 g/mol. The maximum Gasteiger partial charge on any atom is 0.178 e. The van der Waals surface area contributed by atoms with Gasteiger partial charge in [-0.3, -0.25) is 4.79 Å². The van der Waals surface area contributed by atoms with E-state index >= 15 is 0 Å². The third-order valence-corrected chi connectivity index (χ3v) is 5.70. The number of hydrogen-bond acceptors (Lipinski definition) is 3. The number of benzene rings is 1. The summed E-state index contributed by atoms with van der Waals surface area (Å²) in [5.74, 6) is -0.692. The van der Waals surface area contributed by atoms with E-state index < -0.39 is 20.8 Å². The molecule has 0 saturated carbocycles. The van der Waals surface area contributed by atoms with E-state index in [1.807, 2.05) is 39.8 Å². The minimum atomic E-state index is -3.35. The SMILES string of the molecule is CCC(C)S(=O)(=O)CC(=O)c1c(C)cc(C)cc1C. The summed E-state index contributed by atoms with van der Waals surface area (Å²) in [6.45, 7) is 9.13. The summed E-state index contributed by atoms with van der Waals surface area (Å²) >= 11 is 0. The van der Waals surface area contributed by atoms with Crippen LogP contribution in [-0.4, -0.2) is 25.2 Å². The molecule has 0 spiro atoms. The van der Waals surface area contributed by atoms with Gasteiger partial charge in [0.1, 0.15) is 5.75 Å². The first kappa shape index (κ1) is 15.9. The Morgan fingerprint density at radius 3 is 2.05 bits per heavy atom. The number of sulfone groups is 1. The number of rotatable bonds is 5. The van der Waals surface area contributed by atoms with E-state index in [2.05, 4.69) is 0 Å². The fourth-order valence-corrected chi connectivity index (χ4v) is 3.57. The summed E-state index contributed by atoms with van der Waals surface area (Å²) in [5.41, 5.74) is 3.33. The number of carbonyl (C=O) groups is 1. The number of hydrogen-bond donors (Lipinski definition) is 0. The molecule has 4 heteroatoms. The fraction of sp³-hybridized carbons (Fsp3) is 0.533. The largest absolute Gasteiger partial charge is 0.293 e. The molecule has 0 amide bonds. The number of Topliss-reactive ketones (excluding diaryl/α,β-unsaturated/α-hetero) is 1. The predicted molar refractivity (Wildman–Crippen MR) is 78.5 cm³/mol. The highest BCUT2D eigenvalue weighted by Gasteiger charge is 2.25. The third-order valence-electron chi connectivity index (χ3n) is 3.48. The Kier molecular flexibility index (Phi) is 4.91. The van der Waals surface area contributed by atoms with Crippen molar-refractivity contribution in [2.75, 3.05) is 5.75 Å². The van der Waals surface area contributed by atoms with E-state index in [9.17, 15) is 13.2 Å². The molecule has 0 saturated heterocycles. The molecule has 0 bridgehead atoms. The predicted octanol–water partition coefficient (Wildman–Crippen LogP) is 3.01. The smallest absolute Gasteiger partial charge is 0.178 e. The Morgan fingerprint density at radius 2 is 1.63 bits per heavy atom. The standard InChI is InChI=1S/C15H22O3S/c1-6-13(5)19(17,18)9-14(16)15-11(3)7-10(2)8-12(15)4/h7-8,13H,6,9H2,1-5H3. The molecule has 1 aromatic carbocycles. The molecule has 0 aromatic heterocycles. The van der Waals surface area contributed by atoms with Crippen LogP contribution in [0.3, 0.4) is 0 Å². The summed E-state index contributed by atoms with van der Waals surface area (Å²) in [7, 11) is -3.35. The second-order valence-electron chi connectivity index (χ2n) is 5.22. The topological polar surface area (TPSA) is 51.2 Å². The van der Waals surface area contributed by atoms with Crippen molar-refractivity contribution in [3.8, 4) is 0 Å². The van der Waals surface area contributed by atoms with E-state index in [-0.39, 0.29) is 5.78 Å². The van der Waals surface area contributed by atoms with Gasteiger partial charge in [0, 0.05) is 5.56 Å². The second-order valence-corrected chi connectivity index (χ2v) is 7.64. The number of ketones is 1. The first-order valence-corrected chi connectivity index (χ1v) is 8.23. The van der Waals surface area contributed by atoms with E-state index in [0.717, 1.165) is 16.7 Å². The van der Waals surface area contributed by atoms with Gasteiger partial charge >= 0.3 is 0 Å². The lowest BCUT2D eigenvalue weighted by atomic mass is 9.97. The lowest BCUT2D eigenvalue weighted by Crippen LogP contribution is -2.26. The van der Waals surface area contributed by atoms with Crippen molar-refractivity contribution < 1.29 is 13.2 Å². The highest BCUT2D eigenvalue weighted by molar-refractivity contribution is 7.92. The molecule has 0 aliphatic heterocycles. The summed E-state index contributed by atoms with van der Waals surface area (Å²) in [6.07, 6.45) is 0.529. The zero-order valence-corrected chi connectivity index (χ0v) is 13.1. The molecule has 0 aliphatic carbocycles. The maximum absolute atomic E-state index is 12.3. The van der Waals surface area contributed by atoms with Crippen LogP contribution >= 0.6 is 0 Å². The van der Waals surface area contributed by atoms with Crippen LogP contribution in [0.15, 0.2) is 12.1 Å². The molecule has 0 radical (unpaired) electrons. The Bertz CT molecular complexity index is 562. The van der Waals surface area contributed by atoms with Gasteiger partial charge in [-0.1, -0.05) is 24.6 Å². The summed E-state index contributed by atoms with van der Waals surface area (Å²) in [5, 5.41) is -0.470. The number of aryl methyl sites for hydroxylation is 3. The summed E-state index contributed by atoms with van der Waals surface area (Å²) in [4.78, 5) is 12.3. The van der Waals surface area contributed by atoms with Crippen LogP contribution in [-0.2, 0) is 9.84 Å². The lowest BCUT2D eigenvalue weighted by molar-refractivity contribution is 0.101. The monoisotopic (exact) mass is 282 g/mol. The molecular formula is C15H22O3S. The molecule has 1 atom stereocenters. The third kappa shape index (κ3) is 3.66. The molecule has 106 valence electrons. The van der Waals surface area contributed by atoms with Crippen LogP contribution < -0.4 is 0 Å². The van der Waals surface area contributed by atoms with Crippen LogP contribution in [0, 0.1) is 20.8 Å². The van der Waals surface area contributed by atoms with Gasteiger partial charge in [-0.2, -0.15) is 0 Å². The van der Waals surface area contributed by atoms with E-state index in [1.165, 1.54) is 0 Å². The number of carbonyl (C=O) groups excluding carboxylic acids is 1. The summed E-state index contributed by atoms with van der Waals surface area (Å²) < 4.78 is 24.0. The molecule has 19 heavy (non-hydrogen) atoms. The van der Waals surface area contributed by atoms with Gasteiger partial charge in [0.2, 0.25) is 0 Å². The zero-order valence-electron chi connectivity index (χ0n) is 12.3. The average Bonchev–Trinajstić information content (AvgIpc) is 2.25. The van der Waals surface area contributed by atoms with Gasteiger partial charge in [-0.15, -0.1) is 0 Å². The van der Waals surface area contributed by atoms with Crippen molar-refractivity contribution in [2.45, 2.75) is 46.3 Å². The normalized spacial score (nSPS) is 13.3. The Balaban J connectivity index is 3.10. The van der Waals surface area contributed by atoms with Crippen LogP contribution in [0.25, 0.3) is 0 Å².